The van der Waals surface area contributed by atoms with Crippen molar-refractivity contribution in [1.82, 2.24) is 14.8 Å². The third-order valence-electron chi connectivity index (χ3n) is 2.87. The monoisotopic (exact) mass is 273 g/mol. The largest absolute Gasteiger partial charge is 0.302 e. The van der Waals surface area contributed by atoms with E-state index in [4.69, 9.17) is 0 Å². The van der Waals surface area contributed by atoms with Gasteiger partial charge in [-0.05, 0) is 26.3 Å². The minimum atomic E-state index is 0.870. The summed E-state index contributed by atoms with van der Waals surface area (Å²) in [5.74, 6) is 1.83. The first-order chi connectivity index (χ1) is 9.13. The Bertz CT molecular complexity index is 587. The Balaban J connectivity index is 2.37. The molecule has 0 spiro atoms. The van der Waals surface area contributed by atoms with Crippen molar-refractivity contribution in [2.45, 2.75) is 32.5 Å². The van der Waals surface area contributed by atoms with Crippen LogP contribution in [0.15, 0.2) is 41.6 Å². The lowest BCUT2D eigenvalue weighted by molar-refractivity contribution is 0.687. The maximum Gasteiger partial charge on any atom is 0.191 e. The predicted molar refractivity (Wildman–Crippen MR) is 81.4 cm³/mol. The molecule has 0 aliphatic heterocycles. The number of rotatable bonds is 5. The van der Waals surface area contributed by atoms with E-state index in [1.165, 1.54) is 5.56 Å². The molecule has 1 aromatic carbocycles. The fourth-order valence-electron chi connectivity index (χ4n) is 1.89. The second kappa shape index (κ2) is 6.06. The van der Waals surface area contributed by atoms with Crippen LogP contribution in [-0.2, 0) is 6.54 Å². The van der Waals surface area contributed by atoms with Crippen molar-refractivity contribution in [2.75, 3.05) is 5.75 Å². The van der Waals surface area contributed by atoms with Crippen LogP contribution in [0, 0.1) is 6.92 Å². The highest BCUT2D eigenvalue weighted by molar-refractivity contribution is 7.99. The zero-order chi connectivity index (χ0) is 13.8. The van der Waals surface area contributed by atoms with Crippen LogP contribution in [0.3, 0.4) is 0 Å². The lowest BCUT2D eigenvalue weighted by Gasteiger charge is -2.09. The Kier molecular flexibility index (Phi) is 4.43. The van der Waals surface area contributed by atoms with E-state index in [0.717, 1.165) is 34.4 Å². The van der Waals surface area contributed by atoms with Gasteiger partial charge in [-0.3, -0.25) is 0 Å². The van der Waals surface area contributed by atoms with E-state index in [-0.39, 0.29) is 0 Å². The van der Waals surface area contributed by atoms with Crippen LogP contribution in [0.4, 0.5) is 0 Å². The summed E-state index contributed by atoms with van der Waals surface area (Å²) in [4.78, 5) is 0. The average molecular weight is 273 g/mol. The average Bonchev–Trinajstić information content (AvgIpc) is 2.79. The van der Waals surface area contributed by atoms with Crippen LogP contribution in [0.25, 0.3) is 11.4 Å². The van der Waals surface area contributed by atoms with Gasteiger partial charge in [0, 0.05) is 17.9 Å². The van der Waals surface area contributed by atoms with Gasteiger partial charge in [-0.25, -0.2) is 0 Å². The highest BCUT2D eigenvalue weighted by atomic mass is 32.2. The molecule has 1 aromatic heterocycles. The van der Waals surface area contributed by atoms with Gasteiger partial charge in [0.2, 0.25) is 0 Å². The van der Waals surface area contributed by atoms with Crippen LogP contribution in [0.2, 0.25) is 0 Å². The highest BCUT2D eigenvalue weighted by Gasteiger charge is 2.14. The molecular weight excluding hydrogens is 254 g/mol. The maximum atomic E-state index is 4.36. The summed E-state index contributed by atoms with van der Waals surface area (Å²) in [6, 6.07) is 8.28. The summed E-state index contributed by atoms with van der Waals surface area (Å²) < 4.78 is 2.16. The summed E-state index contributed by atoms with van der Waals surface area (Å²) in [6.45, 7) is 11.0. The van der Waals surface area contributed by atoms with Crippen molar-refractivity contribution in [3.05, 3.63) is 42.0 Å². The Morgan fingerprint density at radius 3 is 2.68 bits per heavy atom. The molecule has 0 aliphatic rings. The molecule has 0 atom stereocenters. The van der Waals surface area contributed by atoms with Gasteiger partial charge >= 0.3 is 0 Å². The van der Waals surface area contributed by atoms with E-state index in [9.17, 15) is 0 Å². The van der Waals surface area contributed by atoms with Gasteiger partial charge in [-0.15, -0.1) is 10.2 Å². The minimum Gasteiger partial charge on any atom is -0.302 e. The van der Waals surface area contributed by atoms with Crippen LogP contribution < -0.4 is 0 Å². The molecule has 0 saturated heterocycles. The topological polar surface area (TPSA) is 30.7 Å². The molecule has 0 saturated carbocycles. The summed E-state index contributed by atoms with van der Waals surface area (Å²) >= 11 is 1.69. The zero-order valence-corrected chi connectivity index (χ0v) is 12.5. The van der Waals surface area contributed by atoms with E-state index < -0.39 is 0 Å². The van der Waals surface area contributed by atoms with Gasteiger partial charge in [0.05, 0.1) is 0 Å². The molecule has 2 rings (SSSR count). The number of aromatic nitrogens is 3. The molecule has 0 aliphatic carbocycles. The first-order valence-electron chi connectivity index (χ1n) is 6.40. The second-order valence-corrected chi connectivity index (χ2v) is 5.55. The van der Waals surface area contributed by atoms with E-state index in [2.05, 4.69) is 47.3 Å². The Morgan fingerprint density at radius 2 is 2.05 bits per heavy atom. The first kappa shape index (κ1) is 13.9. The lowest BCUT2D eigenvalue weighted by atomic mass is 10.1. The van der Waals surface area contributed by atoms with Crippen molar-refractivity contribution in [3.63, 3.8) is 0 Å². The van der Waals surface area contributed by atoms with Gasteiger partial charge in [0.1, 0.15) is 0 Å². The number of hydrogen-bond acceptors (Lipinski definition) is 3. The third kappa shape index (κ3) is 3.07. The maximum absolute atomic E-state index is 4.36. The first-order valence-corrected chi connectivity index (χ1v) is 7.38. The number of thioether (sulfide) groups is 1. The minimum absolute atomic E-state index is 0.870. The molecule has 3 nitrogen and oxygen atoms in total. The fourth-order valence-corrected chi connectivity index (χ4v) is 2.74. The second-order valence-electron chi connectivity index (χ2n) is 4.61. The SMILES string of the molecule is C=C(C)CSc1nnc(-c2ccccc2C)n1CC. The zero-order valence-electron chi connectivity index (χ0n) is 11.7. The van der Waals surface area contributed by atoms with Crippen LogP contribution in [-0.4, -0.2) is 20.5 Å². The molecule has 0 bridgehead atoms. The number of benzene rings is 1. The number of nitrogens with zero attached hydrogens (tertiary/aromatic N) is 3. The highest BCUT2D eigenvalue weighted by Crippen LogP contribution is 2.26. The van der Waals surface area contributed by atoms with E-state index in [1.54, 1.807) is 11.8 Å². The summed E-state index contributed by atoms with van der Waals surface area (Å²) in [5, 5.41) is 9.63. The van der Waals surface area contributed by atoms with Gasteiger partial charge in [0.15, 0.2) is 11.0 Å². The van der Waals surface area contributed by atoms with Crippen molar-refractivity contribution in [1.29, 1.82) is 0 Å². The van der Waals surface area contributed by atoms with Gasteiger partial charge in [-0.2, -0.15) is 0 Å². The third-order valence-corrected chi connectivity index (χ3v) is 4.06. The summed E-state index contributed by atoms with van der Waals surface area (Å²) in [7, 11) is 0. The van der Waals surface area contributed by atoms with E-state index in [1.807, 2.05) is 19.1 Å². The molecule has 0 fully saturated rings. The van der Waals surface area contributed by atoms with Crippen LogP contribution >= 0.6 is 11.8 Å². The van der Waals surface area contributed by atoms with Crippen molar-refractivity contribution in [2.24, 2.45) is 0 Å². The Morgan fingerprint density at radius 1 is 1.32 bits per heavy atom. The lowest BCUT2D eigenvalue weighted by Crippen LogP contribution is -2.01. The summed E-state index contributed by atoms with van der Waals surface area (Å²) in [6.07, 6.45) is 0. The molecule has 100 valence electrons. The molecule has 2 aromatic rings. The molecule has 1 heterocycles. The van der Waals surface area contributed by atoms with Gasteiger partial charge < -0.3 is 4.57 Å². The fraction of sp³-hybridized carbons (Fsp3) is 0.333. The molecule has 0 radical (unpaired) electrons. The standard InChI is InChI=1S/C15H19N3S/c1-5-18-14(13-9-7-6-8-12(13)4)16-17-15(18)19-10-11(2)3/h6-9H,2,5,10H2,1,3-4H3. The Labute approximate surface area is 118 Å². The van der Waals surface area contributed by atoms with Crippen LogP contribution in [0.5, 0.6) is 0 Å². The smallest absolute Gasteiger partial charge is 0.191 e. The molecule has 4 heteroatoms. The predicted octanol–water partition coefficient (Wildman–Crippen LogP) is 3.94. The van der Waals surface area contributed by atoms with Gasteiger partial charge in [-0.1, -0.05) is 48.2 Å². The van der Waals surface area contributed by atoms with E-state index >= 15 is 0 Å². The van der Waals surface area contributed by atoms with E-state index in [0.29, 0.717) is 0 Å². The quantitative estimate of drug-likeness (QED) is 0.610. The molecule has 0 amide bonds. The number of aryl methyl sites for hydroxylation is 1. The van der Waals surface area contributed by atoms with Crippen LogP contribution in [0.1, 0.15) is 19.4 Å². The molecular formula is C15H19N3S. The van der Waals surface area contributed by atoms with Crippen molar-refractivity contribution < 1.29 is 0 Å². The number of hydrogen-bond donors (Lipinski definition) is 0. The van der Waals surface area contributed by atoms with Crippen molar-refractivity contribution in [3.8, 4) is 11.4 Å². The molecule has 0 unspecified atom stereocenters. The summed E-state index contributed by atoms with van der Waals surface area (Å²) in [5.41, 5.74) is 3.52. The van der Waals surface area contributed by atoms with Gasteiger partial charge in [0.25, 0.3) is 0 Å². The van der Waals surface area contributed by atoms with Crippen molar-refractivity contribution >= 4 is 11.8 Å². The molecule has 0 N–H and O–H groups in total. The normalized spacial score (nSPS) is 10.7. The Hall–Kier alpha value is -1.55. The molecule has 19 heavy (non-hydrogen) atoms.